The molecule has 1 rings (SSSR count). The van der Waals surface area contributed by atoms with Crippen LogP contribution in [0, 0.1) is 5.92 Å². The second-order valence-corrected chi connectivity index (χ2v) is 5.79. The van der Waals surface area contributed by atoms with E-state index in [0.29, 0.717) is 5.92 Å². The summed E-state index contributed by atoms with van der Waals surface area (Å²) in [5, 5.41) is 3.46. The summed E-state index contributed by atoms with van der Waals surface area (Å²) in [6.07, 6.45) is 2.17. The van der Waals surface area contributed by atoms with Crippen LogP contribution in [0.15, 0.2) is 28.7 Å². The van der Waals surface area contributed by atoms with E-state index in [1.165, 1.54) is 5.56 Å². The standard InChI is InChI=1S/C16H26BrNO2/c1-3-20-10-8-15(13-18-9-11-19-2)12-14-4-6-16(17)7-5-14/h4-7,15,18H,3,8-13H2,1-2H3. The Hall–Kier alpha value is -0.420. The first kappa shape index (κ1) is 17.6. The lowest BCUT2D eigenvalue weighted by atomic mass is 9.96. The van der Waals surface area contributed by atoms with Crippen molar-refractivity contribution in [1.29, 1.82) is 0 Å². The first-order chi connectivity index (χ1) is 9.76. The van der Waals surface area contributed by atoms with Gasteiger partial charge in [0.2, 0.25) is 0 Å². The average molecular weight is 344 g/mol. The van der Waals surface area contributed by atoms with Crippen molar-refractivity contribution in [3.8, 4) is 0 Å². The zero-order valence-electron chi connectivity index (χ0n) is 12.5. The van der Waals surface area contributed by atoms with Crippen LogP contribution in [0.2, 0.25) is 0 Å². The Balaban J connectivity index is 2.41. The van der Waals surface area contributed by atoms with E-state index in [9.17, 15) is 0 Å². The summed E-state index contributed by atoms with van der Waals surface area (Å²) in [5.41, 5.74) is 1.38. The number of ether oxygens (including phenoxy) is 2. The van der Waals surface area contributed by atoms with E-state index < -0.39 is 0 Å². The van der Waals surface area contributed by atoms with Gasteiger partial charge in [0.15, 0.2) is 0 Å². The molecule has 3 nitrogen and oxygen atoms in total. The molecule has 4 heteroatoms. The molecular weight excluding hydrogens is 318 g/mol. The zero-order chi connectivity index (χ0) is 14.6. The fourth-order valence-electron chi connectivity index (χ4n) is 2.10. The van der Waals surface area contributed by atoms with Crippen LogP contribution in [0.25, 0.3) is 0 Å². The van der Waals surface area contributed by atoms with Gasteiger partial charge in [-0.05, 0) is 49.9 Å². The molecule has 0 aliphatic heterocycles. The lowest BCUT2D eigenvalue weighted by molar-refractivity contribution is 0.130. The second kappa shape index (κ2) is 11.3. The third kappa shape index (κ3) is 8.00. The molecule has 1 N–H and O–H groups in total. The van der Waals surface area contributed by atoms with Gasteiger partial charge in [-0.1, -0.05) is 28.1 Å². The first-order valence-corrected chi connectivity index (χ1v) is 8.07. The molecule has 114 valence electrons. The SMILES string of the molecule is CCOCCC(CNCCOC)Cc1ccc(Br)cc1. The van der Waals surface area contributed by atoms with Crippen molar-refractivity contribution < 1.29 is 9.47 Å². The maximum absolute atomic E-state index is 5.49. The molecule has 0 aromatic heterocycles. The van der Waals surface area contributed by atoms with Crippen molar-refractivity contribution in [2.45, 2.75) is 19.8 Å². The van der Waals surface area contributed by atoms with Crippen LogP contribution >= 0.6 is 15.9 Å². The molecule has 1 aromatic rings. The van der Waals surface area contributed by atoms with Crippen molar-refractivity contribution in [1.82, 2.24) is 5.32 Å². The smallest absolute Gasteiger partial charge is 0.0587 e. The number of halogens is 1. The molecule has 0 fully saturated rings. The number of hydrogen-bond acceptors (Lipinski definition) is 3. The molecule has 0 heterocycles. The van der Waals surface area contributed by atoms with E-state index in [2.05, 4.69) is 45.5 Å². The lowest BCUT2D eigenvalue weighted by Crippen LogP contribution is -2.28. The maximum atomic E-state index is 5.49. The molecular formula is C16H26BrNO2. The monoisotopic (exact) mass is 343 g/mol. The fraction of sp³-hybridized carbons (Fsp3) is 0.625. The summed E-state index contributed by atoms with van der Waals surface area (Å²) >= 11 is 3.48. The van der Waals surface area contributed by atoms with Crippen molar-refractivity contribution in [3.05, 3.63) is 34.3 Å². The Bertz CT molecular complexity index is 343. The van der Waals surface area contributed by atoms with Gasteiger partial charge in [-0.25, -0.2) is 0 Å². The van der Waals surface area contributed by atoms with Crippen LogP contribution in [-0.2, 0) is 15.9 Å². The van der Waals surface area contributed by atoms with Gasteiger partial charge in [-0.15, -0.1) is 0 Å². The number of hydrogen-bond donors (Lipinski definition) is 1. The number of rotatable bonds is 11. The minimum atomic E-state index is 0.597. The Kier molecular flexibility index (Phi) is 9.93. The molecule has 20 heavy (non-hydrogen) atoms. The highest BCUT2D eigenvalue weighted by Gasteiger charge is 2.09. The third-order valence-electron chi connectivity index (χ3n) is 3.23. The van der Waals surface area contributed by atoms with Crippen LogP contribution in [0.3, 0.4) is 0 Å². The van der Waals surface area contributed by atoms with E-state index in [0.717, 1.165) is 50.2 Å². The molecule has 0 saturated carbocycles. The minimum absolute atomic E-state index is 0.597. The zero-order valence-corrected chi connectivity index (χ0v) is 14.1. The van der Waals surface area contributed by atoms with Crippen molar-refractivity contribution in [2.75, 3.05) is 40.0 Å². The van der Waals surface area contributed by atoms with Gasteiger partial charge in [0, 0.05) is 31.3 Å². The van der Waals surface area contributed by atoms with Crippen LogP contribution in [0.1, 0.15) is 18.9 Å². The maximum Gasteiger partial charge on any atom is 0.0587 e. The molecule has 0 aliphatic rings. The van der Waals surface area contributed by atoms with Crippen LogP contribution in [0.5, 0.6) is 0 Å². The summed E-state index contributed by atoms with van der Waals surface area (Å²) in [7, 11) is 1.73. The Labute approximate surface area is 131 Å². The fourth-order valence-corrected chi connectivity index (χ4v) is 2.37. The predicted octanol–water partition coefficient (Wildman–Crippen LogP) is 3.27. The summed E-state index contributed by atoms with van der Waals surface area (Å²) < 4.78 is 11.7. The average Bonchev–Trinajstić information content (AvgIpc) is 2.46. The highest BCUT2D eigenvalue weighted by atomic mass is 79.9. The van der Waals surface area contributed by atoms with Crippen LogP contribution in [-0.4, -0.2) is 40.0 Å². The molecule has 0 amide bonds. The van der Waals surface area contributed by atoms with Crippen molar-refractivity contribution in [2.24, 2.45) is 5.92 Å². The third-order valence-corrected chi connectivity index (χ3v) is 3.76. The Morgan fingerprint density at radius 2 is 1.95 bits per heavy atom. The molecule has 0 bridgehead atoms. The topological polar surface area (TPSA) is 30.5 Å². The van der Waals surface area contributed by atoms with E-state index in [4.69, 9.17) is 9.47 Å². The van der Waals surface area contributed by atoms with Crippen molar-refractivity contribution >= 4 is 15.9 Å². The number of nitrogens with one attached hydrogen (secondary N) is 1. The Morgan fingerprint density at radius 1 is 1.20 bits per heavy atom. The van der Waals surface area contributed by atoms with Gasteiger partial charge < -0.3 is 14.8 Å². The molecule has 0 aliphatic carbocycles. The van der Waals surface area contributed by atoms with E-state index in [-0.39, 0.29) is 0 Å². The minimum Gasteiger partial charge on any atom is -0.383 e. The van der Waals surface area contributed by atoms with Crippen LogP contribution in [0.4, 0.5) is 0 Å². The van der Waals surface area contributed by atoms with E-state index >= 15 is 0 Å². The molecule has 1 unspecified atom stereocenters. The lowest BCUT2D eigenvalue weighted by Gasteiger charge is -2.18. The van der Waals surface area contributed by atoms with E-state index in [1.54, 1.807) is 7.11 Å². The van der Waals surface area contributed by atoms with Gasteiger partial charge in [-0.3, -0.25) is 0 Å². The van der Waals surface area contributed by atoms with Gasteiger partial charge in [0.25, 0.3) is 0 Å². The van der Waals surface area contributed by atoms with Gasteiger partial charge in [0.1, 0.15) is 0 Å². The molecule has 1 atom stereocenters. The summed E-state index contributed by atoms with van der Waals surface area (Å²) in [4.78, 5) is 0. The summed E-state index contributed by atoms with van der Waals surface area (Å²) in [6, 6.07) is 8.58. The molecule has 0 saturated heterocycles. The summed E-state index contributed by atoms with van der Waals surface area (Å²) in [5.74, 6) is 0.597. The number of benzene rings is 1. The quantitative estimate of drug-likeness (QED) is 0.625. The van der Waals surface area contributed by atoms with Gasteiger partial charge >= 0.3 is 0 Å². The summed E-state index contributed by atoms with van der Waals surface area (Å²) in [6.45, 7) is 6.34. The second-order valence-electron chi connectivity index (χ2n) is 4.88. The van der Waals surface area contributed by atoms with Gasteiger partial charge in [-0.2, -0.15) is 0 Å². The Morgan fingerprint density at radius 3 is 2.60 bits per heavy atom. The first-order valence-electron chi connectivity index (χ1n) is 7.28. The molecule has 1 aromatic carbocycles. The highest BCUT2D eigenvalue weighted by molar-refractivity contribution is 9.10. The predicted molar refractivity (Wildman–Crippen MR) is 87.2 cm³/mol. The molecule has 0 spiro atoms. The number of methoxy groups -OCH3 is 1. The normalized spacial score (nSPS) is 12.6. The molecule has 0 radical (unpaired) electrons. The van der Waals surface area contributed by atoms with Gasteiger partial charge in [0.05, 0.1) is 6.61 Å². The van der Waals surface area contributed by atoms with Crippen molar-refractivity contribution in [3.63, 3.8) is 0 Å². The van der Waals surface area contributed by atoms with Crippen LogP contribution < -0.4 is 5.32 Å². The largest absolute Gasteiger partial charge is 0.383 e. The highest BCUT2D eigenvalue weighted by Crippen LogP contribution is 2.15. The van der Waals surface area contributed by atoms with E-state index in [1.807, 2.05) is 6.92 Å².